The maximum absolute atomic E-state index is 14.1. The number of hydrogen-bond donors (Lipinski definition) is 1. The second kappa shape index (κ2) is 13.4. The van der Waals surface area contributed by atoms with Crippen LogP contribution in [0.25, 0.3) is 6.08 Å². The maximum atomic E-state index is 14.1. The summed E-state index contributed by atoms with van der Waals surface area (Å²) in [4.78, 5) is 32.2. The highest BCUT2D eigenvalue weighted by Crippen LogP contribution is 2.52. The lowest BCUT2D eigenvalue weighted by Gasteiger charge is -2.36. The summed E-state index contributed by atoms with van der Waals surface area (Å²) in [6.07, 6.45) is 8.20. The standard InChI is InChI=1S/C38H48N2O4/c1-4-10-26(21-28-13-8-9-14-33(28)41)15-16-34-35-30(25(2)3)22-31-36(32(35)24-44-34)38(43)40(37(31)42)29-17-19-39(20-18-29)23-27-11-6-5-7-12-27/h5-9,11-14,21,25,29,31-32,34,36,41H,4,10,15-20,22-24H2,1-3H3/b26-21+/t31-,32+,34-,36-/m1/s1. The summed E-state index contributed by atoms with van der Waals surface area (Å²) in [7, 11) is 0. The number of para-hydroxylation sites is 1. The van der Waals surface area contributed by atoms with E-state index in [2.05, 4.69) is 56.0 Å². The number of hydrogen-bond acceptors (Lipinski definition) is 5. The molecule has 6 nitrogen and oxygen atoms in total. The van der Waals surface area contributed by atoms with Crippen molar-refractivity contribution in [2.45, 2.75) is 84.4 Å². The van der Waals surface area contributed by atoms with Gasteiger partial charge in [0.2, 0.25) is 11.8 Å². The van der Waals surface area contributed by atoms with E-state index in [0.29, 0.717) is 24.7 Å². The van der Waals surface area contributed by atoms with Gasteiger partial charge in [0.15, 0.2) is 0 Å². The SMILES string of the molecule is CCC/C(=C\c1ccccc1O)CC[C@H]1OC[C@H]2C1=C(C(C)C)C[C@H]1C(=O)N(C3CCN(Cc4ccccc4)CC3)C(=O)[C@H]12. The third-order valence-electron chi connectivity index (χ3n) is 10.4. The molecule has 0 unspecified atom stereocenters. The quantitative estimate of drug-likeness (QED) is 0.236. The van der Waals surface area contributed by atoms with E-state index in [4.69, 9.17) is 4.74 Å². The highest BCUT2D eigenvalue weighted by atomic mass is 16.5. The molecule has 3 saturated heterocycles. The Bertz CT molecular complexity index is 1400. The smallest absolute Gasteiger partial charge is 0.234 e. The molecule has 6 heteroatoms. The van der Waals surface area contributed by atoms with Gasteiger partial charge in [-0.05, 0) is 61.6 Å². The summed E-state index contributed by atoms with van der Waals surface area (Å²) in [5.74, 6) is 0.155. The van der Waals surface area contributed by atoms with Crippen LogP contribution in [0.15, 0.2) is 71.3 Å². The summed E-state index contributed by atoms with van der Waals surface area (Å²) in [5.41, 5.74) is 6.10. The zero-order valence-electron chi connectivity index (χ0n) is 26.6. The second-order valence-corrected chi connectivity index (χ2v) is 13.6. The average molecular weight is 597 g/mol. The molecule has 0 saturated carbocycles. The maximum Gasteiger partial charge on any atom is 0.234 e. The molecule has 3 aliphatic heterocycles. The lowest BCUT2D eigenvalue weighted by atomic mass is 9.67. The Morgan fingerprint density at radius 3 is 2.41 bits per heavy atom. The van der Waals surface area contributed by atoms with Crippen LogP contribution in [0, 0.1) is 23.7 Å². The minimum Gasteiger partial charge on any atom is -0.507 e. The van der Waals surface area contributed by atoms with E-state index >= 15 is 0 Å². The van der Waals surface area contributed by atoms with Gasteiger partial charge in [-0.1, -0.05) is 92.9 Å². The van der Waals surface area contributed by atoms with Crippen LogP contribution < -0.4 is 0 Å². The molecular formula is C38H48N2O4. The second-order valence-electron chi connectivity index (χ2n) is 13.6. The zero-order valence-corrected chi connectivity index (χ0v) is 26.6. The molecule has 4 atom stereocenters. The Morgan fingerprint density at radius 1 is 0.977 bits per heavy atom. The molecule has 2 amide bonds. The monoisotopic (exact) mass is 596 g/mol. The highest BCUT2D eigenvalue weighted by molar-refractivity contribution is 6.06. The van der Waals surface area contributed by atoms with Gasteiger partial charge in [0, 0.05) is 37.2 Å². The van der Waals surface area contributed by atoms with E-state index < -0.39 is 0 Å². The fourth-order valence-electron chi connectivity index (χ4n) is 8.26. The van der Waals surface area contributed by atoms with E-state index in [0.717, 1.165) is 63.7 Å². The predicted molar refractivity (Wildman–Crippen MR) is 174 cm³/mol. The van der Waals surface area contributed by atoms with Crippen molar-refractivity contribution in [3.8, 4) is 5.75 Å². The molecule has 0 radical (unpaired) electrons. The summed E-state index contributed by atoms with van der Waals surface area (Å²) >= 11 is 0. The van der Waals surface area contributed by atoms with E-state index in [1.54, 1.807) is 11.0 Å². The Labute approximate surface area is 262 Å². The number of imide groups is 1. The van der Waals surface area contributed by atoms with Crippen molar-refractivity contribution in [1.29, 1.82) is 0 Å². The van der Waals surface area contributed by atoms with Crippen LogP contribution in [0.3, 0.4) is 0 Å². The molecule has 3 fully saturated rings. The summed E-state index contributed by atoms with van der Waals surface area (Å²) in [6, 6.07) is 18.0. The largest absolute Gasteiger partial charge is 0.507 e. The fourth-order valence-corrected chi connectivity index (χ4v) is 8.26. The van der Waals surface area contributed by atoms with Gasteiger partial charge in [0.25, 0.3) is 0 Å². The number of likely N-dealkylation sites (tertiary alicyclic amines) is 2. The van der Waals surface area contributed by atoms with Crippen LogP contribution in [0.5, 0.6) is 5.75 Å². The number of fused-ring (bicyclic) bond motifs is 3. The number of carbonyl (C=O) groups is 2. The van der Waals surface area contributed by atoms with Crippen molar-refractivity contribution < 1.29 is 19.4 Å². The molecule has 1 aliphatic carbocycles. The van der Waals surface area contributed by atoms with E-state index in [9.17, 15) is 14.7 Å². The molecule has 0 bridgehead atoms. The number of phenolic OH excluding ortho intramolecular Hbond substituents is 1. The zero-order chi connectivity index (χ0) is 30.8. The molecule has 2 aromatic rings. The summed E-state index contributed by atoms with van der Waals surface area (Å²) in [5, 5.41) is 10.3. The van der Waals surface area contributed by atoms with Crippen molar-refractivity contribution in [3.05, 3.63) is 82.4 Å². The molecule has 3 heterocycles. The number of aromatic hydroxyl groups is 1. The lowest BCUT2D eigenvalue weighted by Crippen LogP contribution is -2.47. The van der Waals surface area contributed by atoms with Gasteiger partial charge in [-0.15, -0.1) is 0 Å². The minimum atomic E-state index is -0.292. The Balaban J connectivity index is 1.15. The first kappa shape index (κ1) is 30.8. The number of amides is 2. The van der Waals surface area contributed by atoms with Crippen molar-refractivity contribution in [3.63, 3.8) is 0 Å². The van der Waals surface area contributed by atoms with E-state index in [1.807, 2.05) is 24.3 Å². The first-order valence-electron chi connectivity index (χ1n) is 16.8. The van der Waals surface area contributed by atoms with E-state index in [-0.39, 0.29) is 41.7 Å². The van der Waals surface area contributed by atoms with Crippen LogP contribution in [0.4, 0.5) is 0 Å². The predicted octanol–water partition coefficient (Wildman–Crippen LogP) is 6.99. The first-order valence-corrected chi connectivity index (χ1v) is 16.8. The minimum absolute atomic E-state index is 0.00664. The Kier molecular flexibility index (Phi) is 9.39. The van der Waals surface area contributed by atoms with Gasteiger partial charge in [-0.2, -0.15) is 0 Å². The number of allylic oxidation sites excluding steroid dienone is 2. The Hall–Kier alpha value is -3.22. The lowest BCUT2D eigenvalue weighted by molar-refractivity contribution is -0.144. The topological polar surface area (TPSA) is 70.1 Å². The number of benzene rings is 2. The van der Waals surface area contributed by atoms with Crippen LogP contribution in [-0.4, -0.2) is 58.6 Å². The molecule has 0 aromatic heterocycles. The number of phenols is 1. The van der Waals surface area contributed by atoms with Gasteiger partial charge >= 0.3 is 0 Å². The number of piperidine rings is 1. The van der Waals surface area contributed by atoms with E-state index in [1.165, 1.54) is 22.3 Å². The van der Waals surface area contributed by atoms with Gasteiger partial charge in [0.05, 0.1) is 24.5 Å². The molecule has 2 aromatic carbocycles. The first-order chi connectivity index (χ1) is 21.4. The molecule has 44 heavy (non-hydrogen) atoms. The van der Waals surface area contributed by atoms with Gasteiger partial charge in [-0.25, -0.2) is 0 Å². The summed E-state index contributed by atoms with van der Waals surface area (Å²) in [6.45, 7) is 9.85. The van der Waals surface area contributed by atoms with Crippen LogP contribution >= 0.6 is 0 Å². The third-order valence-corrected chi connectivity index (χ3v) is 10.4. The van der Waals surface area contributed by atoms with Crippen molar-refractivity contribution in [1.82, 2.24) is 9.80 Å². The van der Waals surface area contributed by atoms with Gasteiger partial charge in [0.1, 0.15) is 5.75 Å². The van der Waals surface area contributed by atoms with Crippen LogP contribution in [0.2, 0.25) is 0 Å². The van der Waals surface area contributed by atoms with Crippen molar-refractivity contribution in [2.75, 3.05) is 19.7 Å². The fraction of sp³-hybridized carbons (Fsp3) is 0.526. The number of rotatable bonds is 10. The highest BCUT2D eigenvalue weighted by Gasteiger charge is 2.58. The molecule has 4 aliphatic rings. The average Bonchev–Trinajstić information content (AvgIpc) is 3.55. The van der Waals surface area contributed by atoms with Crippen LogP contribution in [0.1, 0.15) is 76.8 Å². The normalized spacial score (nSPS) is 26.5. The number of ether oxygens (including phenoxy) is 1. The number of carbonyl (C=O) groups excluding carboxylic acids is 2. The van der Waals surface area contributed by atoms with Crippen molar-refractivity contribution >= 4 is 17.9 Å². The third kappa shape index (κ3) is 6.16. The molecule has 1 N–H and O–H groups in total. The molecule has 6 rings (SSSR count). The van der Waals surface area contributed by atoms with Crippen LogP contribution in [-0.2, 0) is 20.9 Å². The molecular weight excluding hydrogens is 548 g/mol. The molecule has 0 spiro atoms. The summed E-state index contributed by atoms with van der Waals surface area (Å²) < 4.78 is 6.50. The Morgan fingerprint density at radius 2 is 1.70 bits per heavy atom. The van der Waals surface area contributed by atoms with Crippen molar-refractivity contribution in [2.24, 2.45) is 23.7 Å². The van der Waals surface area contributed by atoms with Gasteiger partial charge in [-0.3, -0.25) is 19.4 Å². The number of nitrogens with zero attached hydrogens (tertiary/aromatic N) is 2. The van der Waals surface area contributed by atoms with Gasteiger partial charge < -0.3 is 9.84 Å². The molecule has 234 valence electrons.